The molecule has 0 amide bonds. The molecule has 0 bridgehead atoms. The fraction of sp³-hybridized carbons (Fsp3) is 0.143. The van der Waals surface area contributed by atoms with Gasteiger partial charge < -0.3 is 9.30 Å². The van der Waals surface area contributed by atoms with E-state index in [0.717, 1.165) is 38.9 Å². The van der Waals surface area contributed by atoms with Gasteiger partial charge in [-0.1, -0.05) is 43.0 Å². The molecule has 0 saturated heterocycles. The summed E-state index contributed by atoms with van der Waals surface area (Å²) in [4.78, 5) is 0. The molecule has 0 aliphatic carbocycles. The zero-order valence-corrected chi connectivity index (χ0v) is 18.2. The first-order valence-electron chi connectivity index (χ1n) is 10.5. The van der Waals surface area contributed by atoms with Crippen LogP contribution in [0, 0.1) is 11.6 Å². The highest BCUT2D eigenvalue weighted by atomic mass is 19.1. The highest BCUT2D eigenvalue weighted by Gasteiger charge is 2.17. The summed E-state index contributed by atoms with van der Waals surface area (Å²) in [6, 6.07) is 18.9. The number of benzene rings is 3. The van der Waals surface area contributed by atoms with Crippen molar-refractivity contribution in [2.24, 2.45) is 0 Å². The van der Waals surface area contributed by atoms with Crippen LogP contribution in [0.2, 0.25) is 0 Å². The van der Waals surface area contributed by atoms with Gasteiger partial charge in [0.25, 0.3) is 0 Å². The van der Waals surface area contributed by atoms with E-state index in [0.29, 0.717) is 12.3 Å². The van der Waals surface area contributed by atoms with E-state index in [1.165, 1.54) is 18.2 Å². The van der Waals surface area contributed by atoms with Gasteiger partial charge in [0.05, 0.1) is 11.2 Å². The van der Waals surface area contributed by atoms with Crippen molar-refractivity contribution in [3.63, 3.8) is 0 Å². The second-order valence-corrected chi connectivity index (χ2v) is 7.86. The lowest BCUT2D eigenvalue weighted by Gasteiger charge is -2.13. The van der Waals surface area contributed by atoms with E-state index in [2.05, 4.69) is 17.2 Å². The summed E-state index contributed by atoms with van der Waals surface area (Å²) >= 11 is 0. The Morgan fingerprint density at radius 2 is 1.66 bits per heavy atom. The summed E-state index contributed by atoms with van der Waals surface area (Å²) in [6.45, 7) is 8.92. The Hall–Kier alpha value is -3.66. The Morgan fingerprint density at radius 1 is 0.969 bits per heavy atom. The average molecular weight is 430 g/mol. The van der Waals surface area contributed by atoms with Gasteiger partial charge in [-0.25, -0.2) is 8.78 Å². The second kappa shape index (κ2) is 9.23. The quantitative estimate of drug-likeness (QED) is 0.295. The van der Waals surface area contributed by atoms with Crippen molar-refractivity contribution in [1.82, 2.24) is 4.57 Å². The van der Waals surface area contributed by atoms with E-state index in [4.69, 9.17) is 4.74 Å². The predicted molar refractivity (Wildman–Crippen MR) is 128 cm³/mol. The number of nitrogens with zero attached hydrogens (tertiary/aromatic N) is 1. The number of halogens is 2. The molecule has 0 saturated carbocycles. The first-order chi connectivity index (χ1) is 15.5. The van der Waals surface area contributed by atoms with Crippen molar-refractivity contribution in [2.45, 2.75) is 27.0 Å². The zero-order chi connectivity index (χ0) is 22.7. The SMILES string of the molecule is C=C(C)c1c(/C=C\C)c2ccc(OCc3cccc(F)c3)cc2n1Cc1cccc(F)c1. The van der Waals surface area contributed by atoms with Gasteiger partial charge in [0.15, 0.2) is 0 Å². The van der Waals surface area contributed by atoms with Gasteiger partial charge in [-0.2, -0.15) is 0 Å². The van der Waals surface area contributed by atoms with Crippen LogP contribution >= 0.6 is 0 Å². The molecule has 0 fully saturated rings. The van der Waals surface area contributed by atoms with Crippen molar-refractivity contribution in [3.05, 3.63) is 113 Å². The molecule has 0 spiro atoms. The van der Waals surface area contributed by atoms with Crippen LogP contribution < -0.4 is 4.74 Å². The van der Waals surface area contributed by atoms with Gasteiger partial charge in [-0.05, 0) is 66.9 Å². The molecule has 2 nitrogen and oxygen atoms in total. The Morgan fingerprint density at radius 3 is 2.31 bits per heavy atom. The molecule has 4 aromatic rings. The molecular weight excluding hydrogens is 404 g/mol. The number of hydrogen-bond acceptors (Lipinski definition) is 1. The summed E-state index contributed by atoms with van der Waals surface area (Å²) < 4.78 is 35.4. The van der Waals surface area contributed by atoms with E-state index in [-0.39, 0.29) is 18.2 Å². The van der Waals surface area contributed by atoms with Gasteiger partial charge in [0.2, 0.25) is 0 Å². The molecular formula is C28H25F2NO. The normalized spacial score (nSPS) is 11.4. The fourth-order valence-corrected chi connectivity index (χ4v) is 4.02. The molecule has 1 heterocycles. The van der Waals surface area contributed by atoms with Crippen LogP contribution in [0.5, 0.6) is 5.75 Å². The number of allylic oxidation sites excluding steroid dienone is 2. The fourth-order valence-electron chi connectivity index (χ4n) is 4.02. The van der Waals surface area contributed by atoms with Crippen molar-refractivity contribution < 1.29 is 13.5 Å². The van der Waals surface area contributed by atoms with Gasteiger partial charge in [-0.15, -0.1) is 0 Å². The number of aromatic nitrogens is 1. The number of ether oxygens (including phenoxy) is 1. The van der Waals surface area contributed by atoms with Gasteiger partial charge in [0, 0.05) is 23.6 Å². The van der Waals surface area contributed by atoms with Gasteiger partial charge in [0.1, 0.15) is 24.0 Å². The molecule has 1 aromatic heterocycles. The molecule has 0 radical (unpaired) electrons. The number of hydrogen-bond donors (Lipinski definition) is 0. The van der Waals surface area contributed by atoms with Crippen molar-refractivity contribution >= 4 is 22.6 Å². The van der Waals surface area contributed by atoms with Crippen LogP contribution in [0.4, 0.5) is 8.78 Å². The van der Waals surface area contributed by atoms with Crippen LogP contribution in [0.1, 0.15) is 36.2 Å². The predicted octanol–water partition coefficient (Wildman–Crippen LogP) is 7.61. The van der Waals surface area contributed by atoms with E-state index >= 15 is 0 Å². The van der Waals surface area contributed by atoms with Crippen LogP contribution in [-0.4, -0.2) is 4.57 Å². The molecule has 0 unspecified atom stereocenters. The van der Waals surface area contributed by atoms with E-state index in [1.54, 1.807) is 18.2 Å². The molecule has 0 aliphatic heterocycles. The maximum absolute atomic E-state index is 13.8. The smallest absolute Gasteiger partial charge is 0.123 e. The van der Waals surface area contributed by atoms with E-state index < -0.39 is 0 Å². The number of fused-ring (bicyclic) bond motifs is 1. The second-order valence-electron chi connectivity index (χ2n) is 7.86. The standard InChI is InChI=1S/C28H25F2NO/c1-4-7-26-25-13-12-24(32-18-21-9-6-11-23(30)15-21)16-27(25)31(28(26)19(2)3)17-20-8-5-10-22(29)14-20/h4-16H,2,17-18H2,1,3H3/b7-4-. The summed E-state index contributed by atoms with van der Waals surface area (Å²) in [7, 11) is 0. The third-order valence-electron chi connectivity index (χ3n) is 5.34. The zero-order valence-electron chi connectivity index (χ0n) is 18.2. The molecule has 0 atom stereocenters. The minimum atomic E-state index is -0.285. The molecule has 4 heteroatoms. The number of rotatable bonds is 7. The monoisotopic (exact) mass is 429 g/mol. The lowest BCUT2D eigenvalue weighted by molar-refractivity contribution is 0.306. The first-order valence-corrected chi connectivity index (χ1v) is 10.5. The highest BCUT2D eigenvalue weighted by molar-refractivity contribution is 5.96. The third kappa shape index (κ3) is 4.50. The van der Waals surface area contributed by atoms with Crippen LogP contribution in [0.3, 0.4) is 0 Å². The Kier molecular flexibility index (Phi) is 6.22. The Bertz CT molecular complexity index is 1320. The van der Waals surface area contributed by atoms with E-state index in [1.807, 2.05) is 50.3 Å². The van der Waals surface area contributed by atoms with Crippen LogP contribution in [-0.2, 0) is 13.2 Å². The maximum atomic E-state index is 13.8. The first kappa shape index (κ1) is 21.6. The largest absolute Gasteiger partial charge is 0.489 e. The topological polar surface area (TPSA) is 14.2 Å². The van der Waals surface area contributed by atoms with E-state index in [9.17, 15) is 8.78 Å². The summed E-state index contributed by atoms with van der Waals surface area (Å²) in [5.74, 6) is 0.135. The van der Waals surface area contributed by atoms with Gasteiger partial charge in [-0.3, -0.25) is 0 Å². The average Bonchev–Trinajstić information content (AvgIpc) is 3.05. The molecule has 32 heavy (non-hydrogen) atoms. The molecule has 4 rings (SSSR count). The van der Waals surface area contributed by atoms with Crippen molar-refractivity contribution in [2.75, 3.05) is 0 Å². The minimum absolute atomic E-state index is 0.261. The molecule has 0 aliphatic rings. The summed E-state index contributed by atoms with van der Waals surface area (Å²) in [6.07, 6.45) is 4.07. The Labute approximate surface area is 187 Å². The van der Waals surface area contributed by atoms with Crippen LogP contribution in [0.25, 0.3) is 22.6 Å². The van der Waals surface area contributed by atoms with Crippen molar-refractivity contribution in [1.29, 1.82) is 0 Å². The summed E-state index contributed by atoms with van der Waals surface area (Å²) in [5.41, 5.74) is 5.60. The lowest BCUT2D eigenvalue weighted by atomic mass is 10.1. The summed E-state index contributed by atoms with van der Waals surface area (Å²) in [5, 5.41) is 1.07. The molecule has 0 N–H and O–H groups in total. The Balaban J connectivity index is 1.79. The molecule has 3 aromatic carbocycles. The highest BCUT2D eigenvalue weighted by Crippen LogP contribution is 2.34. The van der Waals surface area contributed by atoms with Crippen molar-refractivity contribution in [3.8, 4) is 5.75 Å². The molecule has 162 valence electrons. The van der Waals surface area contributed by atoms with Crippen LogP contribution in [0.15, 0.2) is 79.4 Å². The minimum Gasteiger partial charge on any atom is -0.489 e. The maximum Gasteiger partial charge on any atom is 0.123 e. The van der Waals surface area contributed by atoms with Gasteiger partial charge >= 0.3 is 0 Å². The third-order valence-corrected chi connectivity index (χ3v) is 5.34. The lowest BCUT2D eigenvalue weighted by Crippen LogP contribution is -2.04.